The summed E-state index contributed by atoms with van der Waals surface area (Å²) in [6, 6.07) is 11.0. The fraction of sp³-hybridized carbons (Fsp3) is 0.455. The van der Waals surface area contributed by atoms with Gasteiger partial charge in [-0.2, -0.15) is 26.3 Å². The smallest absolute Gasteiger partial charge is 0.352 e. The summed E-state index contributed by atoms with van der Waals surface area (Å²) < 4.78 is 89.8. The van der Waals surface area contributed by atoms with Gasteiger partial charge in [-0.1, -0.05) is 30.3 Å². The predicted molar refractivity (Wildman–Crippen MR) is 102 cm³/mol. The van der Waals surface area contributed by atoms with E-state index in [2.05, 4.69) is 0 Å². The summed E-state index contributed by atoms with van der Waals surface area (Å²) in [6.45, 7) is 0.729. The zero-order valence-electron chi connectivity index (χ0n) is 16.5. The van der Waals surface area contributed by atoms with Crippen LogP contribution in [0.5, 0.6) is 0 Å². The summed E-state index contributed by atoms with van der Waals surface area (Å²) in [5, 5.41) is 0. The summed E-state index contributed by atoms with van der Waals surface area (Å²) in [6.07, 6.45) is -9.83. The van der Waals surface area contributed by atoms with Gasteiger partial charge in [-0.3, -0.25) is 0 Å². The molecule has 1 fully saturated rings. The van der Waals surface area contributed by atoms with Crippen molar-refractivity contribution in [2.45, 2.75) is 37.4 Å². The summed E-state index contributed by atoms with van der Waals surface area (Å²) in [5.41, 5.74) is 4.08. The molecule has 3 unspecified atom stereocenters. The largest absolute Gasteiger partial charge is 0.416 e. The molecular formula is C22H23F6NO2. The summed E-state index contributed by atoms with van der Waals surface area (Å²) in [5.74, 6) is -0.0845. The van der Waals surface area contributed by atoms with Crippen LogP contribution in [0.3, 0.4) is 0 Å². The molecule has 170 valence electrons. The lowest BCUT2D eigenvalue weighted by molar-refractivity contribution is -0.186. The lowest BCUT2D eigenvalue weighted by Gasteiger charge is -2.37. The molecule has 0 saturated carbocycles. The second-order valence-corrected chi connectivity index (χ2v) is 7.50. The molecule has 3 rings (SSSR count). The van der Waals surface area contributed by atoms with E-state index in [1.807, 2.05) is 30.3 Å². The molecule has 31 heavy (non-hydrogen) atoms. The Bertz CT molecular complexity index is 821. The minimum Gasteiger partial charge on any atom is -0.352 e. The number of hydrogen-bond acceptors (Lipinski definition) is 3. The van der Waals surface area contributed by atoms with Gasteiger partial charge in [-0.15, -0.1) is 0 Å². The molecular weight excluding hydrogens is 424 g/mol. The maximum atomic E-state index is 13.0. The Morgan fingerprint density at radius 1 is 0.935 bits per heavy atom. The van der Waals surface area contributed by atoms with E-state index < -0.39 is 29.8 Å². The van der Waals surface area contributed by atoms with Gasteiger partial charge in [0, 0.05) is 5.92 Å². The normalized spacial score (nSPS) is 22.5. The zero-order chi connectivity index (χ0) is 22.6. The van der Waals surface area contributed by atoms with Crippen LogP contribution in [0, 0.1) is 5.92 Å². The molecule has 1 aliphatic heterocycles. The molecule has 1 saturated heterocycles. The van der Waals surface area contributed by atoms with Gasteiger partial charge in [0.15, 0.2) is 6.29 Å². The van der Waals surface area contributed by atoms with Gasteiger partial charge >= 0.3 is 12.4 Å². The van der Waals surface area contributed by atoms with E-state index in [0.717, 1.165) is 24.1 Å². The van der Waals surface area contributed by atoms with E-state index in [1.54, 1.807) is 0 Å². The lowest BCUT2D eigenvalue weighted by atomic mass is 9.82. The van der Waals surface area contributed by atoms with Crippen molar-refractivity contribution >= 4 is 0 Å². The zero-order valence-corrected chi connectivity index (χ0v) is 16.5. The Hall–Kier alpha value is -2.10. The molecule has 1 heterocycles. The predicted octanol–water partition coefficient (Wildman–Crippen LogP) is 5.39. The van der Waals surface area contributed by atoms with Gasteiger partial charge < -0.3 is 15.2 Å². The van der Waals surface area contributed by atoms with Gasteiger partial charge in [0.2, 0.25) is 0 Å². The van der Waals surface area contributed by atoms with Crippen molar-refractivity contribution in [2.24, 2.45) is 11.7 Å². The van der Waals surface area contributed by atoms with Crippen LogP contribution in [0.2, 0.25) is 0 Å². The molecule has 1 aliphatic rings. The van der Waals surface area contributed by atoms with Gasteiger partial charge in [0.05, 0.1) is 24.3 Å². The van der Waals surface area contributed by atoms with Gasteiger partial charge in [-0.25, -0.2) is 0 Å². The van der Waals surface area contributed by atoms with Crippen LogP contribution >= 0.6 is 0 Å². The number of benzene rings is 2. The van der Waals surface area contributed by atoms with Gasteiger partial charge in [-0.05, 0) is 54.6 Å². The maximum absolute atomic E-state index is 13.0. The Balaban J connectivity index is 1.75. The Morgan fingerprint density at radius 2 is 1.55 bits per heavy atom. The van der Waals surface area contributed by atoms with E-state index in [9.17, 15) is 26.3 Å². The van der Waals surface area contributed by atoms with Crippen molar-refractivity contribution in [1.29, 1.82) is 0 Å². The fourth-order valence-electron chi connectivity index (χ4n) is 3.82. The summed E-state index contributed by atoms with van der Waals surface area (Å²) in [7, 11) is 0. The van der Waals surface area contributed by atoms with E-state index in [-0.39, 0.29) is 36.5 Å². The minimum absolute atomic E-state index is 0.0894. The first kappa shape index (κ1) is 23.6. The highest BCUT2D eigenvalue weighted by Crippen LogP contribution is 2.38. The van der Waals surface area contributed by atoms with Crippen molar-refractivity contribution in [3.05, 3.63) is 70.8 Å². The standard InChI is InChI=1S/C22H23F6NO2/c23-21(24,25)17-10-14(11-18(12-17)22(26,27)28)6-8-30-20-19(15-4-2-1-3-5-15)16(13-29)7-9-31-20/h1-5,10-12,16,19-20H,6-9,13,29H2. The topological polar surface area (TPSA) is 44.5 Å². The molecule has 0 spiro atoms. The first-order valence-electron chi connectivity index (χ1n) is 9.86. The van der Waals surface area contributed by atoms with Crippen molar-refractivity contribution < 1.29 is 35.8 Å². The van der Waals surface area contributed by atoms with Crippen LogP contribution in [0.25, 0.3) is 0 Å². The number of halogens is 6. The average Bonchev–Trinajstić information content (AvgIpc) is 2.72. The molecule has 0 radical (unpaired) electrons. The van der Waals surface area contributed by atoms with E-state index >= 15 is 0 Å². The van der Waals surface area contributed by atoms with Crippen LogP contribution in [0.4, 0.5) is 26.3 Å². The SMILES string of the molecule is NCC1CCOC(OCCc2cc(C(F)(F)F)cc(C(F)(F)F)c2)C1c1ccccc1. The highest BCUT2D eigenvalue weighted by Gasteiger charge is 2.37. The van der Waals surface area contributed by atoms with Crippen LogP contribution in [-0.4, -0.2) is 26.0 Å². The first-order chi connectivity index (χ1) is 14.6. The van der Waals surface area contributed by atoms with Crippen molar-refractivity contribution in [3.63, 3.8) is 0 Å². The van der Waals surface area contributed by atoms with Crippen LogP contribution in [0.15, 0.2) is 48.5 Å². The van der Waals surface area contributed by atoms with E-state index in [4.69, 9.17) is 15.2 Å². The third-order valence-electron chi connectivity index (χ3n) is 5.38. The van der Waals surface area contributed by atoms with Gasteiger partial charge in [0.25, 0.3) is 0 Å². The van der Waals surface area contributed by atoms with Crippen LogP contribution in [-0.2, 0) is 28.2 Å². The number of rotatable bonds is 6. The van der Waals surface area contributed by atoms with Crippen LogP contribution in [0.1, 0.15) is 34.6 Å². The highest BCUT2D eigenvalue weighted by molar-refractivity contribution is 5.33. The molecule has 2 aromatic carbocycles. The van der Waals surface area contributed by atoms with Crippen molar-refractivity contribution in [3.8, 4) is 0 Å². The second-order valence-electron chi connectivity index (χ2n) is 7.50. The highest BCUT2D eigenvalue weighted by atomic mass is 19.4. The quantitative estimate of drug-likeness (QED) is 0.604. The van der Waals surface area contributed by atoms with Crippen molar-refractivity contribution in [2.75, 3.05) is 19.8 Å². The van der Waals surface area contributed by atoms with E-state index in [1.165, 1.54) is 0 Å². The summed E-state index contributed by atoms with van der Waals surface area (Å²) in [4.78, 5) is 0. The minimum atomic E-state index is -4.88. The molecule has 0 amide bonds. The Kier molecular flexibility index (Phi) is 7.28. The molecule has 0 bridgehead atoms. The number of nitrogens with two attached hydrogens (primary N) is 1. The average molecular weight is 447 g/mol. The Labute approximate surface area is 176 Å². The van der Waals surface area contributed by atoms with Gasteiger partial charge in [0.1, 0.15) is 0 Å². The molecule has 0 aliphatic carbocycles. The van der Waals surface area contributed by atoms with Crippen molar-refractivity contribution in [1.82, 2.24) is 0 Å². The molecule has 2 N–H and O–H groups in total. The third-order valence-corrected chi connectivity index (χ3v) is 5.38. The monoisotopic (exact) mass is 447 g/mol. The molecule has 0 aromatic heterocycles. The molecule has 2 aromatic rings. The molecule has 3 nitrogen and oxygen atoms in total. The lowest BCUT2D eigenvalue weighted by Crippen LogP contribution is -2.40. The van der Waals surface area contributed by atoms with E-state index in [0.29, 0.717) is 13.2 Å². The first-order valence-corrected chi connectivity index (χ1v) is 9.86. The maximum Gasteiger partial charge on any atom is 0.416 e. The number of ether oxygens (including phenoxy) is 2. The molecule has 3 atom stereocenters. The molecule has 9 heteroatoms. The number of hydrogen-bond donors (Lipinski definition) is 1. The fourth-order valence-corrected chi connectivity index (χ4v) is 3.82. The van der Waals surface area contributed by atoms with Crippen LogP contribution < -0.4 is 5.73 Å². The second kappa shape index (κ2) is 9.58. The summed E-state index contributed by atoms with van der Waals surface area (Å²) >= 11 is 0. The third kappa shape index (κ3) is 5.99. The number of alkyl halides is 6. The Morgan fingerprint density at radius 3 is 2.10 bits per heavy atom.